The number of carboxylic acid groups (broad SMARTS) is 1. The number of carbonyl (C=O) groups is 2. The van der Waals surface area contributed by atoms with E-state index >= 15 is 0 Å². The van der Waals surface area contributed by atoms with Gasteiger partial charge in [-0.05, 0) is 73.1 Å². The molecule has 0 spiro atoms. The number of rotatable bonds is 13. The van der Waals surface area contributed by atoms with Gasteiger partial charge in [-0.1, -0.05) is 25.1 Å². The first-order valence-electron chi connectivity index (χ1n) is 13.3. The smallest absolute Gasteiger partial charge is 0.311 e. The van der Waals surface area contributed by atoms with Gasteiger partial charge in [-0.2, -0.15) is 0 Å². The van der Waals surface area contributed by atoms with Gasteiger partial charge in [0.2, 0.25) is 0 Å². The number of aromatic hydroxyl groups is 1. The number of benzene rings is 3. The van der Waals surface area contributed by atoms with Gasteiger partial charge in [0.15, 0.2) is 0 Å². The molecule has 0 aliphatic carbocycles. The number of esters is 1. The van der Waals surface area contributed by atoms with E-state index in [0.29, 0.717) is 74.6 Å². The second kappa shape index (κ2) is 13.1. The zero-order chi connectivity index (χ0) is 27.8. The van der Waals surface area contributed by atoms with Gasteiger partial charge in [0.1, 0.15) is 28.8 Å². The molecule has 8 heteroatoms. The Morgan fingerprint density at radius 3 is 2.41 bits per heavy atom. The molecule has 0 saturated heterocycles. The van der Waals surface area contributed by atoms with Crippen LogP contribution in [0.15, 0.2) is 48.5 Å². The lowest BCUT2D eigenvalue weighted by Crippen LogP contribution is -2.18. The molecule has 0 aromatic heterocycles. The molecule has 0 atom stereocenters. The van der Waals surface area contributed by atoms with Crippen molar-refractivity contribution in [3.63, 3.8) is 0 Å². The summed E-state index contributed by atoms with van der Waals surface area (Å²) in [6.07, 6.45) is 4.10. The van der Waals surface area contributed by atoms with E-state index in [2.05, 4.69) is 0 Å². The fraction of sp³-hybridized carbons (Fsp3) is 0.355. The van der Waals surface area contributed by atoms with Crippen LogP contribution in [0, 0.1) is 5.82 Å². The molecule has 0 radical (unpaired) electrons. The van der Waals surface area contributed by atoms with Gasteiger partial charge in [-0.15, -0.1) is 0 Å². The number of carbonyl (C=O) groups excluding carboxylic acids is 1. The van der Waals surface area contributed by atoms with Gasteiger partial charge in [-0.25, -0.2) is 4.39 Å². The summed E-state index contributed by atoms with van der Waals surface area (Å²) >= 11 is 0. The van der Waals surface area contributed by atoms with E-state index in [1.165, 1.54) is 12.1 Å². The molecule has 1 aliphatic heterocycles. The molecule has 0 unspecified atom stereocenters. The maximum absolute atomic E-state index is 13.3. The fourth-order valence-corrected chi connectivity index (χ4v) is 4.65. The Morgan fingerprint density at radius 1 is 0.949 bits per heavy atom. The van der Waals surface area contributed by atoms with E-state index in [0.717, 1.165) is 22.3 Å². The highest BCUT2D eigenvalue weighted by Gasteiger charge is 2.24. The summed E-state index contributed by atoms with van der Waals surface area (Å²) in [7, 11) is 0. The number of fused-ring (bicyclic) bond motifs is 1. The molecular weight excluding hydrogens is 503 g/mol. The van der Waals surface area contributed by atoms with Crippen LogP contribution in [0.25, 0.3) is 11.1 Å². The zero-order valence-electron chi connectivity index (χ0n) is 22.0. The Hall–Kier alpha value is -4.07. The molecule has 0 bridgehead atoms. The first-order valence-corrected chi connectivity index (χ1v) is 13.3. The molecule has 2 N–H and O–H groups in total. The topological polar surface area (TPSA) is 102 Å². The molecule has 1 aliphatic rings. The molecular formula is C31H33FO7. The summed E-state index contributed by atoms with van der Waals surface area (Å²) in [6, 6.07) is 13.2. The van der Waals surface area contributed by atoms with Crippen molar-refractivity contribution in [2.75, 3.05) is 13.2 Å². The van der Waals surface area contributed by atoms with Gasteiger partial charge in [0.05, 0.1) is 19.6 Å². The Bertz CT molecular complexity index is 1320. The van der Waals surface area contributed by atoms with Crippen LogP contribution < -0.4 is 14.2 Å². The highest BCUT2D eigenvalue weighted by molar-refractivity contribution is 5.77. The summed E-state index contributed by atoms with van der Waals surface area (Å²) in [4.78, 5) is 22.7. The lowest BCUT2D eigenvalue weighted by atomic mass is 9.97. The Kier molecular flexibility index (Phi) is 9.41. The van der Waals surface area contributed by atoms with Crippen LogP contribution in [0.2, 0.25) is 0 Å². The van der Waals surface area contributed by atoms with Crippen molar-refractivity contribution in [3.8, 4) is 34.1 Å². The van der Waals surface area contributed by atoms with Gasteiger partial charge in [-0.3, -0.25) is 9.59 Å². The van der Waals surface area contributed by atoms with E-state index in [-0.39, 0.29) is 30.4 Å². The number of aliphatic carboxylic acids is 1. The van der Waals surface area contributed by atoms with Crippen LogP contribution >= 0.6 is 0 Å². The number of halogens is 1. The van der Waals surface area contributed by atoms with Crippen molar-refractivity contribution < 1.29 is 38.4 Å². The molecule has 0 saturated carbocycles. The third-order valence-corrected chi connectivity index (χ3v) is 6.70. The second-order valence-electron chi connectivity index (χ2n) is 9.49. The van der Waals surface area contributed by atoms with E-state index in [1.54, 1.807) is 18.2 Å². The van der Waals surface area contributed by atoms with Crippen LogP contribution in [0.1, 0.15) is 55.7 Å². The Balaban J connectivity index is 1.34. The molecule has 0 fully saturated rings. The van der Waals surface area contributed by atoms with E-state index < -0.39 is 5.97 Å². The van der Waals surface area contributed by atoms with Crippen LogP contribution in [-0.2, 0) is 28.9 Å². The second-order valence-corrected chi connectivity index (χ2v) is 9.49. The van der Waals surface area contributed by atoms with Crippen molar-refractivity contribution >= 4 is 11.9 Å². The van der Waals surface area contributed by atoms with Crippen LogP contribution in [0.3, 0.4) is 0 Å². The summed E-state index contributed by atoms with van der Waals surface area (Å²) in [5, 5.41) is 19.4. The van der Waals surface area contributed by atoms with Crippen LogP contribution in [-0.4, -0.2) is 35.4 Å². The molecule has 206 valence electrons. The van der Waals surface area contributed by atoms with Gasteiger partial charge in [0, 0.05) is 30.0 Å². The van der Waals surface area contributed by atoms with E-state index in [9.17, 15) is 19.1 Å². The number of carboxylic acids is 1. The van der Waals surface area contributed by atoms with Crippen molar-refractivity contribution in [3.05, 3.63) is 71.0 Å². The molecule has 0 amide bonds. The van der Waals surface area contributed by atoms with Gasteiger partial charge in [0.25, 0.3) is 0 Å². The highest BCUT2D eigenvalue weighted by Crippen LogP contribution is 2.38. The Morgan fingerprint density at radius 2 is 1.69 bits per heavy atom. The maximum atomic E-state index is 13.3. The SMILES string of the molecule is CCc1cc(-c2ccc(F)cc2)c(O)cc1OCCCOc1ccc(CCCCC(=O)O)c2c1CCC(=O)O2. The quantitative estimate of drug-likeness (QED) is 0.151. The average molecular weight is 537 g/mol. The number of hydrogen-bond donors (Lipinski definition) is 2. The molecule has 1 heterocycles. The van der Waals surface area contributed by atoms with Gasteiger partial charge < -0.3 is 24.4 Å². The number of phenols is 1. The molecule has 7 nitrogen and oxygen atoms in total. The summed E-state index contributed by atoms with van der Waals surface area (Å²) < 4.78 is 30.8. The number of unbranched alkanes of at least 4 members (excludes halogenated alkanes) is 1. The van der Waals surface area contributed by atoms with Crippen molar-refractivity contribution in [1.82, 2.24) is 0 Å². The monoisotopic (exact) mass is 536 g/mol. The molecule has 3 aromatic carbocycles. The fourth-order valence-electron chi connectivity index (χ4n) is 4.65. The maximum Gasteiger partial charge on any atom is 0.311 e. The Labute approximate surface area is 227 Å². The lowest BCUT2D eigenvalue weighted by Gasteiger charge is -2.22. The molecule has 4 rings (SSSR count). The van der Waals surface area contributed by atoms with E-state index in [4.69, 9.17) is 19.3 Å². The summed E-state index contributed by atoms with van der Waals surface area (Å²) in [5.74, 6) is 0.441. The van der Waals surface area contributed by atoms with Crippen LogP contribution in [0.4, 0.5) is 4.39 Å². The van der Waals surface area contributed by atoms with Crippen molar-refractivity contribution in [2.24, 2.45) is 0 Å². The number of phenolic OH excluding ortho intramolecular Hbond substituents is 1. The zero-order valence-corrected chi connectivity index (χ0v) is 22.0. The summed E-state index contributed by atoms with van der Waals surface area (Å²) in [6.45, 7) is 2.77. The predicted octanol–water partition coefficient (Wildman–Crippen LogP) is 6.26. The lowest BCUT2D eigenvalue weighted by molar-refractivity contribution is -0.137. The largest absolute Gasteiger partial charge is 0.507 e. The minimum Gasteiger partial charge on any atom is -0.507 e. The third kappa shape index (κ3) is 7.28. The minimum atomic E-state index is -0.819. The van der Waals surface area contributed by atoms with Crippen LogP contribution in [0.5, 0.6) is 23.0 Å². The minimum absolute atomic E-state index is 0.0642. The van der Waals surface area contributed by atoms with Gasteiger partial charge >= 0.3 is 11.9 Å². The number of hydrogen-bond acceptors (Lipinski definition) is 6. The first kappa shape index (κ1) is 28.0. The first-order chi connectivity index (χ1) is 18.9. The number of ether oxygens (including phenoxy) is 3. The van der Waals surface area contributed by atoms with Crippen molar-refractivity contribution in [1.29, 1.82) is 0 Å². The molecule has 39 heavy (non-hydrogen) atoms. The van der Waals surface area contributed by atoms with E-state index in [1.807, 2.05) is 25.1 Å². The third-order valence-electron chi connectivity index (χ3n) is 6.70. The van der Waals surface area contributed by atoms with Crippen molar-refractivity contribution in [2.45, 2.75) is 58.3 Å². The standard InChI is InChI=1S/C31H33FO7/c1-2-20-18-25(21-8-11-23(32)12-9-21)26(33)19-28(20)38-17-5-16-37-27-14-10-22(6-3-4-7-29(34)35)31-24(27)13-15-30(36)39-31/h8-12,14,18-19,33H,2-7,13,15-17H2,1H3,(H,34,35). The summed E-state index contributed by atoms with van der Waals surface area (Å²) in [5.41, 5.74) is 4.03. The predicted molar refractivity (Wildman–Crippen MR) is 144 cm³/mol. The number of aryl methyl sites for hydroxylation is 2. The average Bonchev–Trinajstić information content (AvgIpc) is 2.92. The molecule has 3 aromatic rings. The normalized spacial score (nSPS) is 12.5. The highest BCUT2D eigenvalue weighted by atomic mass is 19.1.